The lowest BCUT2D eigenvalue weighted by atomic mass is 9.95. The van der Waals surface area contributed by atoms with Gasteiger partial charge in [0.25, 0.3) is 0 Å². The van der Waals surface area contributed by atoms with E-state index in [0.717, 1.165) is 44.2 Å². The molecule has 2 aliphatic rings. The molecule has 0 radical (unpaired) electrons. The molecular formula is C15H29N3O4S. The van der Waals surface area contributed by atoms with Crippen LogP contribution in [0.5, 0.6) is 0 Å². The zero-order chi connectivity index (χ0) is 16.7. The van der Waals surface area contributed by atoms with E-state index in [1.165, 1.54) is 12.0 Å². The molecule has 134 valence electrons. The number of nitrogens with one attached hydrogen (secondary N) is 1. The number of carbonyl (C=O) groups excluding carboxylic acids is 1. The topological polar surface area (TPSA) is 74.3 Å². The first-order chi connectivity index (χ1) is 11.1. The highest BCUT2D eigenvalue weighted by Gasteiger charge is 2.41. The number of aliphatic hydroxyl groups is 1. The summed E-state index contributed by atoms with van der Waals surface area (Å²) in [5.41, 5.74) is 0.0378. The molecular weight excluding hydrogens is 318 g/mol. The van der Waals surface area contributed by atoms with E-state index in [0.29, 0.717) is 6.54 Å². The molecule has 0 aromatic rings. The van der Waals surface area contributed by atoms with Gasteiger partial charge in [0.1, 0.15) is 0 Å². The van der Waals surface area contributed by atoms with Crippen LogP contribution in [0.3, 0.4) is 0 Å². The molecule has 2 aliphatic heterocycles. The fourth-order valence-corrected chi connectivity index (χ4v) is 4.63. The molecule has 0 spiro atoms. The van der Waals surface area contributed by atoms with Crippen molar-refractivity contribution in [2.24, 2.45) is 0 Å². The van der Waals surface area contributed by atoms with Crippen LogP contribution in [0.25, 0.3) is 0 Å². The van der Waals surface area contributed by atoms with Gasteiger partial charge in [0.05, 0.1) is 32.5 Å². The van der Waals surface area contributed by atoms with Crippen molar-refractivity contribution >= 4 is 17.8 Å². The summed E-state index contributed by atoms with van der Waals surface area (Å²) >= 11 is 1.95. The van der Waals surface area contributed by atoms with E-state index >= 15 is 0 Å². The van der Waals surface area contributed by atoms with Crippen LogP contribution >= 0.6 is 11.8 Å². The third-order valence-electron chi connectivity index (χ3n) is 4.52. The van der Waals surface area contributed by atoms with E-state index in [9.17, 15) is 9.90 Å². The van der Waals surface area contributed by atoms with E-state index < -0.39 is 6.10 Å². The maximum atomic E-state index is 12.3. The molecule has 2 fully saturated rings. The van der Waals surface area contributed by atoms with Gasteiger partial charge >= 0.3 is 6.03 Å². The van der Waals surface area contributed by atoms with E-state index in [2.05, 4.69) is 10.2 Å². The second-order valence-corrected chi connectivity index (χ2v) is 7.38. The summed E-state index contributed by atoms with van der Waals surface area (Å²) in [4.78, 5) is 16.3. The zero-order valence-electron chi connectivity index (χ0n) is 14.1. The number of amides is 2. The molecule has 2 heterocycles. The molecule has 8 heteroatoms. The Morgan fingerprint density at radius 2 is 2.26 bits per heavy atom. The van der Waals surface area contributed by atoms with Crippen LogP contribution in [0, 0.1) is 0 Å². The minimum atomic E-state index is -0.661. The van der Waals surface area contributed by atoms with Gasteiger partial charge in [-0.05, 0) is 12.2 Å². The number of hydrogen-bond acceptors (Lipinski definition) is 6. The normalized spacial score (nSPS) is 26.9. The molecule has 2 amide bonds. The SMILES string of the molecule is COC[C@@H](O)CN(C)C(=O)NC[C@]1(N2CCOCC2)CCSC1. The summed E-state index contributed by atoms with van der Waals surface area (Å²) in [7, 11) is 3.23. The number of urea groups is 1. The van der Waals surface area contributed by atoms with E-state index in [1.807, 2.05) is 11.8 Å². The zero-order valence-corrected chi connectivity index (χ0v) is 14.9. The average Bonchev–Trinajstić information content (AvgIpc) is 3.03. The Kier molecular flexibility index (Phi) is 7.42. The largest absolute Gasteiger partial charge is 0.389 e. The van der Waals surface area contributed by atoms with Gasteiger partial charge in [-0.2, -0.15) is 11.8 Å². The second-order valence-electron chi connectivity index (χ2n) is 6.27. The van der Waals surface area contributed by atoms with Gasteiger partial charge in [0, 0.05) is 45.1 Å². The molecule has 2 saturated heterocycles. The van der Waals surface area contributed by atoms with Crippen LogP contribution in [0.15, 0.2) is 0 Å². The standard InChI is InChI=1S/C15H29N3O4S/c1-17(9-13(19)10-21-2)14(20)16-11-15(3-8-23-12-15)18-4-6-22-7-5-18/h13,19H,3-12H2,1-2H3,(H,16,20)/t13-,15+/m0/s1. The maximum absolute atomic E-state index is 12.3. The maximum Gasteiger partial charge on any atom is 0.317 e. The van der Waals surface area contributed by atoms with Crippen LogP contribution in [-0.2, 0) is 9.47 Å². The van der Waals surface area contributed by atoms with Gasteiger partial charge < -0.3 is 24.8 Å². The number of likely N-dealkylation sites (N-methyl/N-ethyl adjacent to an activating group) is 1. The first-order valence-corrected chi connectivity index (χ1v) is 9.29. The van der Waals surface area contributed by atoms with Crippen molar-refractivity contribution in [2.45, 2.75) is 18.1 Å². The van der Waals surface area contributed by atoms with Crippen LogP contribution in [0.1, 0.15) is 6.42 Å². The quantitative estimate of drug-likeness (QED) is 0.667. The number of ether oxygens (including phenoxy) is 2. The Labute approximate surface area is 142 Å². The third-order valence-corrected chi connectivity index (χ3v) is 5.76. The molecule has 2 N–H and O–H groups in total. The molecule has 2 rings (SSSR count). The average molecular weight is 347 g/mol. The van der Waals surface area contributed by atoms with Crippen molar-refractivity contribution in [2.75, 3.05) is 71.7 Å². The number of thioether (sulfide) groups is 1. The Balaban J connectivity index is 1.84. The molecule has 0 aliphatic carbocycles. The van der Waals surface area contributed by atoms with Crippen molar-refractivity contribution in [1.29, 1.82) is 0 Å². The number of methoxy groups -OCH3 is 1. The summed E-state index contributed by atoms with van der Waals surface area (Å²) < 4.78 is 10.3. The number of carbonyl (C=O) groups is 1. The van der Waals surface area contributed by atoms with Gasteiger partial charge in [-0.3, -0.25) is 4.90 Å². The predicted molar refractivity (Wildman–Crippen MR) is 91.0 cm³/mol. The molecule has 7 nitrogen and oxygen atoms in total. The van der Waals surface area contributed by atoms with Crippen LogP contribution in [0.4, 0.5) is 4.79 Å². The first-order valence-electron chi connectivity index (χ1n) is 8.14. The monoisotopic (exact) mass is 347 g/mol. The minimum absolute atomic E-state index is 0.0378. The first kappa shape index (κ1) is 18.8. The van der Waals surface area contributed by atoms with Crippen molar-refractivity contribution < 1.29 is 19.4 Å². The van der Waals surface area contributed by atoms with Crippen LogP contribution in [-0.4, -0.2) is 104 Å². The number of morpholine rings is 1. The molecule has 0 unspecified atom stereocenters. The molecule has 23 heavy (non-hydrogen) atoms. The van der Waals surface area contributed by atoms with Crippen molar-refractivity contribution in [3.8, 4) is 0 Å². The Morgan fingerprint density at radius 1 is 1.52 bits per heavy atom. The molecule has 2 atom stereocenters. The fourth-order valence-electron chi connectivity index (χ4n) is 3.15. The summed E-state index contributed by atoms with van der Waals surface area (Å²) in [6.07, 6.45) is 0.430. The van der Waals surface area contributed by atoms with Gasteiger partial charge in [0.2, 0.25) is 0 Å². The summed E-state index contributed by atoms with van der Waals surface area (Å²) in [6, 6.07) is -0.148. The molecule has 0 aromatic carbocycles. The van der Waals surface area contributed by atoms with E-state index in [-0.39, 0.29) is 24.7 Å². The van der Waals surface area contributed by atoms with Gasteiger partial charge in [0.15, 0.2) is 0 Å². The summed E-state index contributed by atoms with van der Waals surface area (Å²) in [5, 5.41) is 12.8. The Morgan fingerprint density at radius 3 is 2.87 bits per heavy atom. The molecule has 0 bridgehead atoms. The lowest BCUT2D eigenvalue weighted by Gasteiger charge is -2.43. The molecule has 0 aromatic heterocycles. The van der Waals surface area contributed by atoms with Crippen molar-refractivity contribution in [3.05, 3.63) is 0 Å². The van der Waals surface area contributed by atoms with E-state index in [1.54, 1.807) is 7.05 Å². The van der Waals surface area contributed by atoms with E-state index in [4.69, 9.17) is 9.47 Å². The van der Waals surface area contributed by atoms with Gasteiger partial charge in [-0.25, -0.2) is 4.79 Å². The highest BCUT2D eigenvalue weighted by molar-refractivity contribution is 7.99. The summed E-state index contributed by atoms with van der Waals surface area (Å²) in [6.45, 7) is 4.53. The Hall–Kier alpha value is -0.540. The third kappa shape index (κ3) is 5.22. The van der Waals surface area contributed by atoms with Crippen molar-refractivity contribution in [1.82, 2.24) is 15.1 Å². The Bertz CT molecular complexity index is 374. The highest BCUT2D eigenvalue weighted by Crippen LogP contribution is 2.33. The predicted octanol–water partition coefficient (Wildman–Crippen LogP) is -0.157. The lowest BCUT2D eigenvalue weighted by molar-refractivity contribution is -0.0128. The minimum Gasteiger partial charge on any atom is -0.389 e. The number of aliphatic hydroxyl groups excluding tert-OH is 1. The number of hydrogen-bond donors (Lipinski definition) is 2. The van der Waals surface area contributed by atoms with Gasteiger partial charge in [-0.1, -0.05) is 0 Å². The smallest absolute Gasteiger partial charge is 0.317 e. The lowest BCUT2D eigenvalue weighted by Crippen LogP contribution is -2.60. The van der Waals surface area contributed by atoms with Crippen LogP contribution < -0.4 is 5.32 Å². The fraction of sp³-hybridized carbons (Fsp3) is 0.933. The summed E-state index contributed by atoms with van der Waals surface area (Å²) in [5.74, 6) is 2.18. The highest BCUT2D eigenvalue weighted by atomic mass is 32.2. The van der Waals surface area contributed by atoms with Crippen molar-refractivity contribution in [3.63, 3.8) is 0 Å². The number of rotatable bonds is 7. The van der Waals surface area contributed by atoms with Gasteiger partial charge in [-0.15, -0.1) is 0 Å². The van der Waals surface area contributed by atoms with Crippen LogP contribution in [0.2, 0.25) is 0 Å². The number of nitrogens with zero attached hydrogens (tertiary/aromatic N) is 2. The molecule has 0 saturated carbocycles. The second kappa shape index (κ2) is 9.08.